The third kappa shape index (κ3) is 4.85. The molecular formula is C16H22N4O. The van der Waals surface area contributed by atoms with Gasteiger partial charge in [0.05, 0.1) is 18.2 Å². The Morgan fingerprint density at radius 3 is 2.76 bits per heavy atom. The number of benzene rings is 1. The molecule has 0 aliphatic carbocycles. The van der Waals surface area contributed by atoms with Crippen LogP contribution in [0.4, 0.5) is 5.69 Å². The summed E-state index contributed by atoms with van der Waals surface area (Å²) in [5, 5.41) is 11.6. The van der Waals surface area contributed by atoms with E-state index in [4.69, 9.17) is 5.26 Å². The van der Waals surface area contributed by atoms with Gasteiger partial charge in [-0.05, 0) is 57.2 Å². The zero-order chi connectivity index (χ0) is 15.2. The number of carbonyl (C=O) groups excluding carboxylic acids is 1. The van der Waals surface area contributed by atoms with E-state index >= 15 is 0 Å². The molecule has 1 aliphatic heterocycles. The summed E-state index contributed by atoms with van der Waals surface area (Å²) in [5.41, 5.74) is 1.32. The number of likely N-dealkylation sites (tertiary alicyclic amines) is 1. The molecule has 1 atom stereocenters. The summed E-state index contributed by atoms with van der Waals surface area (Å²) in [7, 11) is 4.12. The fourth-order valence-corrected chi connectivity index (χ4v) is 2.75. The third-order valence-corrected chi connectivity index (χ3v) is 3.77. The maximum Gasteiger partial charge on any atom is 0.238 e. The zero-order valence-corrected chi connectivity index (χ0v) is 12.7. The fourth-order valence-electron chi connectivity index (χ4n) is 2.75. The van der Waals surface area contributed by atoms with E-state index in [-0.39, 0.29) is 5.91 Å². The van der Waals surface area contributed by atoms with Gasteiger partial charge >= 0.3 is 0 Å². The molecule has 5 heteroatoms. The molecule has 1 amide bonds. The van der Waals surface area contributed by atoms with Crippen LogP contribution in [0.1, 0.15) is 12.0 Å². The number of hydrogen-bond donors (Lipinski definition) is 1. The van der Waals surface area contributed by atoms with Crippen molar-refractivity contribution in [1.29, 1.82) is 5.26 Å². The van der Waals surface area contributed by atoms with Crippen LogP contribution in [-0.2, 0) is 4.79 Å². The molecule has 112 valence electrons. The topological polar surface area (TPSA) is 59.4 Å². The quantitative estimate of drug-likeness (QED) is 0.888. The molecular weight excluding hydrogens is 264 g/mol. The highest BCUT2D eigenvalue weighted by molar-refractivity contribution is 5.92. The van der Waals surface area contributed by atoms with Crippen LogP contribution in [-0.4, -0.2) is 56.0 Å². The van der Waals surface area contributed by atoms with E-state index in [0.29, 0.717) is 18.0 Å². The minimum atomic E-state index is -0.0199. The first kappa shape index (κ1) is 15.5. The van der Waals surface area contributed by atoms with Crippen molar-refractivity contribution in [2.75, 3.05) is 45.6 Å². The van der Waals surface area contributed by atoms with Crippen molar-refractivity contribution in [2.24, 2.45) is 5.92 Å². The van der Waals surface area contributed by atoms with E-state index in [1.807, 2.05) is 7.05 Å². The number of nitriles is 1. The molecule has 1 aromatic rings. The predicted molar refractivity (Wildman–Crippen MR) is 82.9 cm³/mol. The molecule has 1 heterocycles. The van der Waals surface area contributed by atoms with Crippen LogP contribution in [0.25, 0.3) is 0 Å². The SMILES string of the molecule is CN1CCC(CN(C)CC(=O)Nc2ccc(C#N)cc2)C1. The first-order valence-electron chi connectivity index (χ1n) is 7.24. The molecule has 0 spiro atoms. The lowest BCUT2D eigenvalue weighted by Gasteiger charge is -2.20. The number of carbonyl (C=O) groups is 1. The molecule has 1 fully saturated rings. The lowest BCUT2D eigenvalue weighted by molar-refractivity contribution is -0.117. The zero-order valence-electron chi connectivity index (χ0n) is 12.7. The molecule has 0 aromatic heterocycles. The summed E-state index contributed by atoms with van der Waals surface area (Å²) >= 11 is 0. The Labute approximate surface area is 126 Å². The summed E-state index contributed by atoms with van der Waals surface area (Å²) in [5.74, 6) is 0.635. The summed E-state index contributed by atoms with van der Waals surface area (Å²) in [6.45, 7) is 3.60. The molecule has 1 aromatic carbocycles. The number of amides is 1. The molecule has 21 heavy (non-hydrogen) atoms. The number of hydrogen-bond acceptors (Lipinski definition) is 4. The lowest BCUT2D eigenvalue weighted by Crippen LogP contribution is -2.34. The number of anilines is 1. The van der Waals surface area contributed by atoms with Gasteiger partial charge in [0.15, 0.2) is 0 Å². The molecule has 2 rings (SSSR count). The number of rotatable bonds is 5. The average Bonchev–Trinajstić information content (AvgIpc) is 2.84. The van der Waals surface area contributed by atoms with Crippen molar-refractivity contribution in [2.45, 2.75) is 6.42 Å². The first-order valence-corrected chi connectivity index (χ1v) is 7.24. The number of nitrogens with zero attached hydrogens (tertiary/aromatic N) is 3. The summed E-state index contributed by atoms with van der Waals surface area (Å²) in [4.78, 5) is 16.4. The van der Waals surface area contributed by atoms with Gasteiger partial charge in [0, 0.05) is 18.8 Å². The van der Waals surface area contributed by atoms with E-state index in [0.717, 1.165) is 25.3 Å². The van der Waals surface area contributed by atoms with Gasteiger partial charge in [-0.25, -0.2) is 0 Å². The van der Waals surface area contributed by atoms with E-state index in [9.17, 15) is 4.79 Å². The predicted octanol–water partition coefficient (Wildman–Crippen LogP) is 1.38. The van der Waals surface area contributed by atoms with Gasteiger partial charge in [-0.15, -0.1) is 0 Å². The molecule has 0 bridgehead atoms. The van der Waals surface area contributed by atoms with Gasteiger partial charge in [-0.2, -0.15) is 5.26 Å². The second-order valence-electron chi connectivity index (χ2n) is 5.85. The molecule has 1 N–H and O–H groups in total. The minimum absolute atomic E-state index is 0.0199. The maximum absolute atomic E-state index is 12.0. The van der Waals surface area contributed by atoms with E-state index in [2.05, 4.69) is 28.2 Å². The van der Waals surface area contributed by atoms with Gasteiger partial charge in [0.1, 0.15) is 0 Å². The molecule has 0 radical (unpaired) electrons. The highest BCUT2D eigenvalue weighted by Gasteiger charge is 2.21. The van der Waals surface area contributed by atoms with E-state index in [1.165, 1.54) is 6.42 Å². The van der Waals surface area contributed by atoms with Gasteiger partial charge in [-0.3, -0.25) is 9.69 Å². The Morgan fingerprint density at radius 1 is 1.48 bits per heavy atom. The Balaban J connectivity index is 1.76. The van der Waals surface area contributed by atoms with Crippen LogP contribution < -0.4 is 5.32 Å². The lowest BCUT2D eigenvalue weighted by atomic mass is 10.1. The van der Waals surface area contributed by atoms with Gasteiger partial charge < -0.3 is 10.2 Å². The smallest absolute Gasteiger partial charge is 0.238 e. The van der Waals surface area contributed by atoms with Gasteiger partial charge in [-0.1, -0.05) is 0 Å². The summed E-state index contributed by atoms with van der Waals surface area (Å²) < 4.78 is 0. The van der Waals surface area contributed by atoms with Crippen LogP contribution in [0.3, 0.4) is 0 Å². The van der Waals surface area contributed by atoms with E-state index in [1.54, 1.807) is 24.3 Å². The van der Waals surface area contributed by atoms with Gasteiger partial charge in [0.2, 0.25) is 5.91 Å². The molecule has 1 unspecified atom stereocenters. The van der Waals surface area contributed by atoms with Crippen LogP contribution in [0, 0.1) is 17.2 Å². The van der Waals surface area contributed by atoms with Crippen LogP contribution >= 0.6 is 0 Å². The molecule has 1 saturated heterocycles. The van der Waals surface area contributed by atoms with Crippen molar-refractivity contribution >= 4 is 11.6 Å². The molecule has 0 saturated carbocycles. The molecule has 1 aliphatic rings. The van der Waals surface area contributed by atoms with Crippen molar-refractivity contribution in [1.82, 2.24) is 9.80 Å². The normalized spacial score (nSPS) is 18.7. The fraction of sp³-hybridized carbons (Fsp3) is 0.500. The monoisotopic (exact) mass is 286 g/mol. The summed E-state index contributed by atoms with van der Waals surface area (Å²) in [6.07, 6.45) is 1.21. The number of likely N-dealkylation sites (N-methyl/N-ethyl adjacent to an activating group) is 1. The first-order chi connectivity index (χ1) is 10.1. The van der Waals surface area contributed by atoms with Crippen molar-refractivity contribution < 1.29 is 4.79 Å². The van der Waals surface area contributed by atoms with Crippen molar-refractivity contribution in [3.05, 3.63) is 29.8 Å². The Bertz CT molecular complexity index is 520. The van der Waals surface area contributed by atoms with Crippen molar-refractivity contribution in [3.63, 3.8) is 0 Å². The summed E-state index contributed by atoms with van der Waals surface area (Å²) in [6, 6.07) is 8.97. The third-order valence-electron chi connectivity index (χ3n) is 3.77. The average molecular weight is 286 g/mol. The maximum atomic E-state index is 12.0. The highest BCUT2D eigenvalue weighted by atomic mass is 16.2. The van der Waals surface area contributed by atoms with Crippen LogP contribution in [0.5, 0.6) is 0 Å². The Kier molecular flexibility index (Phi) is 5.32. The second-order valence-corrected chi connectivity index (χ2v) is 5.85. The Morgan fingerprint density at radius 2 is 2.19 bits per heavy atom. The number of nitrogens with one attached hydrogen (secondary N) is 1. The van der Waals surface area contributed by atoms with Crippen LogP contribution in [0.15, 0.2) is 24.3 Å². The second kappa shape index (κ2) is 7.21. The van der Waals surface area contributed by atoms with Crippen molar-refractivity contribution in [3.8, 4) is 6.07 Å². The molecule has 5 nitrogen and oxygen atoms in total. The highest BCUT2D eigenvalue weighted by Crippen LogP contribution is 2.15. The Hall–Kier alpha value is -1.90. The standard InChI is InChI=1S/C16H22N4O/c1-19-8-7-14(10-19)11-20(2)12-16(21)18-15-5-3-13(9-17)4-6-15/h3-6,14H,7-8,10-12H2,1-2H3,(H,18,21). The van der Waals surface area contributed by atoms with E-state index < -0.39 is 0 Å². The van der Waals surface area contributed by atoms with Crippen LogP contribution in [0.2, 0.25) is 0 Å². The van der Waals surface area contributed by atoms with Gasteiger partial charge in [0.25, 0.3) is 0 Å². The minimum Gasteiger partial charge on any atom is -0.325 e. The largest absolute Gasteiger partial charge is 0.325 e.